The Morgan fingerprint density at radius 2 is 1.78 bits per heavy atom. The minimum atomic E-state index is -3.70. The minimum Gasteiger partial charge on any atom is -0.489 e. The number of aliphatic hydroxyl groups excluding tert-OH is 1. The van der Waals surface area contributed by atoms with E-state index in [9.17, 15) is 18.3 Å². The monoisotopic (exact) mass is 535 g/mol. The fraction of sp³-hybridized carbons (Fsp3) is 0.519. The Morgan fingerprint density at radius 3 is 2.33 bits per heavy atom. The van der Waals surface area contributed by atoms with Gasteiger partial charge in [-0.1, -0.05) is 57.7 Å². The minimum absolute atomic E-state index is 0.0478. The van der Waals surface area contributed by atoms with E-state index in [1.54, 1.807) is 0 Å². The SMILES string of the molecule is CCCCC1(CCCC)CN(c2ccccc2)c2cc(SC)c(OC[C@H](O)C(=O)O)cc2S(=O)(=O)C1. The summed E-state index contributed by atoms with van der Waals surface area (Å²) in [6, 6.07) is 13.2. The van der Waals surface area contributed by atoms with Crippen molar-refractivity contribution in [1.82, 2.24) is 0 Å². The van der Waals surface area contributed by atoms with Crippen LogP contribution in [0.5, 0.6) is 5.75 Å². The summed E-state index contributed by atoms with van der Waals surface area (Å²) in [5, 5.41) is 18.7. The van der Waals surface area contributed by atoms with E-state index in [0.29, 0.717) is 17.1 Å². The number of carboxylic acid groups (broad SMARTS) is 1. The molecule has 0 unspecified atom stereocenters. The molecule has 7 nitrogen and oxygen atoms in total. The standard InChI is InChI=1S/C27H37NO6S2/c1-4-6-13-27(14-7-5-2)18-28(20-11-9-8-10-12-20)21-15-24(35-3)23(34-17-22(29)26(30)31)16-25(21)36(32,33)19-27/h8-12,15-16,22,29H,4-7,13-14,17-19H2,1-3H3,(H,30,31)/t22-/m0/s1. The molecule has 0 saturated carbocycles. The molecule has 0 bridgehead atoms. The number of nitrogens with zero attached hydrogens (tertiary/aromatic N) is 1. The van der Waals surface area contributed by atoms with Crippen molar-refractivity contribution in [3.05, 3.63) is 42.5 Å². The zero-order chi connectivity index (χ0) is 26.3. The molecular weight excluding hydrogens is 498 g/mol. The Morgan fingerprint density at radius 1 is 1.14 bits per heavy atom. The van der Waals surface area contributed by atoms with Crippen LogP contribution in [0.2, 0.25) is 0 Å². The van der Waals surface area contributed by atoms with Gasteiger partial charge < -0.3 is 19.8 Å². The van der Waals surface area contributed by atoms with Crippen molar-refractivity contribution in [2.24, 2.45) is 5.41 Å². The van der Waals surface area contributed by atoms with Crippen molar-refractivity contribution in [1.29, 1.82) is 0 Å². The molecule has 0 saturated heterocycles. The lowest BCUT2D eigenvalue weighted by molar-refractivity contribution is -0.148. The summed E-state index contributed by atoms with van der Waals surface area (Å²) >= 11 is 1.38. The largest absolute Gasteiger partial charge is 0.489 e. The number of benzene rings is 2. The molecule has 1 aliphatic heterocycles. The first-order valence-corrected chi connectivity index (χ1v) is 15.3. The number of rotatable bonds is 12. The second-order valence-electron chi connectivity index (χ2n) is 9.52. The lowest BCUT2D eigenvalue weighted by atomic mass is 9.79. The number of hydrogen-bond acceptors (Lipinski definition) is 7. The highest BCUT2D eigenvalue weighted by molar-refractivity contribution is 7.98. The fourth-order valence-electron chi connectivity index (χ4n) is 4.82. The van der Waals surface area contributed by atoms with Gasteiger partial charge in [0, 0.05) is 23.7 Å². The molecule has 0 aliphatic carbocycles. The van der Waals surface area contributed by atoms with Gasteiger partial charge in [-0.3, -0.25) is 0 Å². The van der Waals surface area contributed by atoms with Gasteiger partial charge in [-0.2, -0.15) is 0 Å². The van der Waals surface area contributed by atoms with Gasteiger partial charge in [-0.15, -0.1) is 11.8 Å². The molecule has 1 aliphatic rings. The third kappa shape index (κ3) is 6.55. The van der Waals surface area contributed by atoms with Gasteiger partial charge in [-0.25, -0.2) is 13.2 Å². The summed E-state index contributed by atoms with van der Waals surface area (Å²) in [4.78, 5) is 14.0. The summed E-state index contributed by atoms with van der Waals surface area (Å²) in [5.41, 5.74) is 1.13. The lowest BCUT2D eigenvalue weighted by Crippen LogP contribution is -2.38. The first-order valence-electron chi connectivity index (χ1n) is 12.5. The molecule has 0 fully saturated rings. The van der Waals surface area contributed by atoms with Crippen molar-refractivity contribution in [2.45, 2.75) is 68.3 Å². The maximum atomic E-state index is 14.0. The maximum absolute atomic E-state index is 14.0. The number of thioether (sulfide) groups is 1. The number of para-hydroxylation sites is 1. The van der Waals surface area contributed by atoms with E-state index in [4.69, 9.17) is 9.84 Å². The molecule has 9 heteroatoms. The van der Waals surface area contributed by atoms with Gasteiger partial charge in [0.1, 0.15) is 12.4 Å². The number of fused-ring (bicyclic) bond motifs is 1. The molecule has 0 radical (unpaired) electrons. The Bertz CT molecular complexity index is 1130. The van der Waals surface area contributed by atoms with Crippen LogP contribution in [0.25, 0.3) is 0 Å². The van der Waals surface area contributed by atoms with Crippen LogP contribution in [-0.2, 0) is 14.6 Å². The summed E-state index contributed by atoms with van der Waals surface area (Å²) in [5.74, 6) is -1.09. The maximum Gasteiger partial charge on any atom is 0.336 e. The van der Waals surface area contributed by atoms with Gasteiger partial charge in [0.15, 0.2) is 15.9 Å². The van der Waals surface area contributed by atoms with Crippen LogP contribution >= 0.6 is 11.8 Å². The van der Waals surface area contributed by atoms with E-state index < -0.39 is 33.9 Å². The highest BCUT2D eigenvalue weighted by Gasteiger charge is 2.42. The molecule has 2 N–H and O–H groups in total. The van der Waals surface area contributed by atoms with E-state index in [1.165, 1.54) is 17.8 Å². The van der Waals surface area contributed by atoms with Crippen molar-refractivity contribution in [3.63, 3.8) is 0 Å². The van der Waals surface area contributed by atoms with E-state index in [0.717, 1.165) is 44.2 Å². The number of ether oxygens (including phenoxy) is 1. The number of anilines is 2. The van der Waals surface area contributed by atoms with Crippen LogP contribution in [-0.4, -0.2) is 55.9 Å². The highest BCUT2D eigenvalue weighted by atomic mass is 32.2. The van der Waals surface area contributed by atoms with Crippen LogP contribution in [0, 0.1) is 5.41 Å². The Kier molecular flexibility index (Phi) is 9.72. The highest BCUT2D eigenvalue weighted by Crippen LogP contribution is 2.47. The quantitative estimate of drug-likeness (QED) is 0.342. The van der Waals surface area contributed by atoms with Gasteiger partial charge >= 0.3 is 5.97 Å². The molecule has 0 amide bonds. The Labute approximate surface area is 218 Å². The molecule has 1 heterocycles. The molecule has 2 aromatic carbocycles. The molecule has 0 aromatic heterocycles. The molecule has 0 spiro atoms. The molecular formula is C27H37NO6S2. The first kappa shape index (κ1) is 28.3. The average molecular weight is 536 g/mol. The Balaban J connectivity index is 2.19. The van der Waals surface area contributed by atoms with E-state index in [1.807, 2.05) is 42.7 Å². The van der Waals surface area contributed by atoms with Crippen molar-refractivity contribution < 1.29 is 28.2 Å². The van der Waals surface area contributed by atoms with Crippen LogP contribution in [0.4, 0.5) is 11.4 Å². The van der Waals surface area contributed by atoms with Crippen molar-refractivity contribution in [3.8, 4) is 5.75 Å². The van der Waals surface area contributed by atoms with E-state index in [-0.39, 0.29) is 16.4 Å². The van der Waals surface area contributed by atoms with Gasteiger partial charge in [-0.05, 0) is 37.3 Å². The fourth-order valence-corrected chi connectivity index (χ4v) is 7.48. The topological polar surface area (TPSA) is 104 Å². The lowest BCUT2D eigenvalue weighted by Gasteiger charge is -2.37. The van der Waals surface area contributed by atoms with Crippen LogP contribution in [0.3, 0.4) is 0 Å². The second kappa shape index (κ2) is 12.3. The van der Waals surface area contributed by atoms with E-state index in [2.05, 4.69) is 18.7 Å². The van der Waals surface area contributed by atoms with Crippen molar-refractivity contribution >= 4 is 38.9 Å². The molecule has 3 rings (SSSR count). The van der Waals surface area contributed by atoms with Gasteiger partial charge in [0.05, 0.1) is 21.2 Å². The number of unbranched alkanes of at least 4 members (excludes halogenated alkanes) is 2. The van der Waals surface area contributed by atoms with Crippen LogP contribution < -0.4 is 9.64 Å². The molecule has 2 aromatic rings. The van der Waals surface area contributed by atoms with Crippen LogP contribution in [0.1, 0.15) is 52.4 Å². The number of hydrogen-bond donors (Lipinski definition) is 2. The normalized spacial score (nSPS) is 17.2. The number of aliphatic carboxylic acids is 1. The summed E-state index contributed by atoms with van der Waals surface area (Å²) in [7, 11) is -3.70. The average Bonchev–Trinajstić information content (AvgIpc) is 2.96. The second-order valence-corrected chi connectivity index (χ2v) is 12.3. The predicted octanol–water partition coefficient (Wildman–Crippen LogP) is 5.53. The number of carbonyl (C=O) groups is 1. The summed E-state index contributed by atoms with van der Waals surface area (Å²) < 4.78 is 33.6. The zero-order valence-corrected chi connectivity index (χ0v) is 22.9. The molecule has 36 heavy (non-hydrogen) atoms. The Hall–Kier alpha value is -2.23. The number of aliphatic hydroxyl groups is 1. The molecule has 1 atom stereocenters. The smallest absolute Gasteiger partial charge is 0.336 e. The van der Waals surface area contributed by atoms with Gasteiger partial charge in [0.25, 0.3) is 0 Å². The van der Waals surface area contributed by atoms with Gasteiger partial charge in [0.2, 0.25) is 0 Å². The zero-order valence-electron chi connectivity index (χ0n) is 21.3. The third-order valence-electron chi connectivity index (χ3n) is 6.73. The summed E-state index contributed by atoms with van der Waals surface area (Å²) in [6.45, 7) is 4.38. The summed E-state index contributed by atoms with van der Waals surface area (Å²) in [6.07, 6.45) is 5.69. The van der Waals surface area contributed by atoms with Crippen molar-refractivity contribution in [2.75, 3.05) is 30.1 Å². The van der Waals surface area contributed by atoms with E-state index >= 15 is 0 Å². The van der Waals surface area contributed by atoms with Crippen LogP contribution in [0.15, 0.2) is 52.3 Å². The molecule has 198 valence electrons. The number of sulfone groups is 1. The third-order valence-corrected chi connectivity index (χ3v) is 9.48. The number of carboxylic acids is 1. The first-order chi connectivity index (χ1) is 17.2. The predicted molar refractivity (Wildman–Crippen MR) is 144 cm³/mol.